The van der Waals surface area contributed by atoms with Gasteiger partial charge >= 0.3 is 24.2 Å². The Morgan fingerprint density at radius 3 is 1.76 bits per heavy atom. The monoisotopic (exact) mass is 581 g/mol. The van der Waals surface area contributed by atoms with Crippen LogP contribution in [0.2, 0.25) is 0 Å². The van der Waals surface area contributed by atoms with Gasteiger partial charge in [0.05, 0.1) is 19.6 Å². The van der Waals surface area contributed by atoms with Crippen molar-refractivity contribution >= 4 is 24.2 Å². The van der Waals surface area contributed by atoms with E-state index in [1.165, 1.54) is 12.1 Å². The zero-order valence-electron chi connectivity index (χ0n) is 26.1. The molecule has 0 spiro atoms. The molecular weight excluding hydrogens is 534 g/mol. The summed E-state index contributed by atoms with van der Waals surface area (Å²) >= 11 is 0. The number of ether oxygens (including phenoxy) is 6. The smallest absolute Gasteiger partial charge is 0.462 e. The second-order valence-electron chi connectivity index (χ2n) is 13.7. The van der Waals surface area contributed by atoms with Gasteiger partial charge in [-0.3, -0.25) is 9.59 Å². The molecule has 0 aromatic heterocycles. The predicted molar refractivity (Wildman–Crippen MR) is 152 cm³/mol. The van der Waals surface area contributed by atoms with Crippen molar-refractivity contribution in [1.29, 1.82) is 0 Å². The van der Waals surface area contributed by atoms with Crippen molar-refractivity contribution in [2.24, 2.45) is 22.0 Å². The van der Waals surface area contributed by atoms with Crippen molar-refractivity contribution < 1.29 is 47.6 Å². The molecular formula is C30H47NO10. The van der Waals surface area contributed by atoms with E-state index in [2.05, 4.69) is 0 Å². The molecule has 0 saturated carbocycles. The van der Waals surface area contributed by atoms with Crippen LogP contribution in [-0.4, -0.2) is 56.2 Å². The van der Waals surface area contributed by atoms with Gasteiger partial charge < -0.3 is 34.2 Å². The summed E-state index contributed by atoms with van der Waals surface area (Å²) in [6.07, 6.45) is -2.43. The molecule has 232 valence electrons. The van der Waals surface area contributed by atoms with E-state index in [1.807, 2.05) is 62.3 Å². The molecule has 2 N–H and O–H groups in total. The Labute approximate surface area is 243 Å². The molecule has 1 aromatic rings. The maximum absolute atomic E-state index is 12.6. The molecule has 0 amide bonds. The molecule has 0 saturated heterocycles. The number of carbonyl (C=O) groups excluding carboxylic acids is 4. The average molecular weight is 582 g/mol. The molecule has 11 heteroatoms. The quantitative estimate of drug-likeness (QED) is 0.198. The molecule has 2 atom stereocenters. The highest BCUT2D eigenvalue weighted by atomic mass is 16.7. The molecule has 11 nitrogen and oxygen atoms in total. The van der Waals surface area contributed by atoms with Gasteiger partial charge in [0.1, 0.15) is 18.8 Å². The lowest BCUT2D eigenvalue weighted by Gasteiger charge is -2.20. The standard InChI is InChI=1S/C30H47NO10/c1-19(16-36-24(32)15-28(2,3)4)39-25(33)21(31)13-20-11-12-22(40-26(34)37-17-29(5,6)7)23(14-20)41-27(35)38-18-30(8,9)10/h11-12,14,19,21H,13,15-18,31H2,1-10H3/t19-,21-/m0/s1. The van der Waals surface area contributed by atoms with E-state index in [1.54, 1.807) is 13.0 Å². The van der Waals surface area contributed by atoms with Gasteiger partial charge in [0, 0.05) is 0 Å². The number of carbonyl (C=O) groups is 4. The Hall–Kier alpha value is -3.34. The van der Waals surface area contributed by atoms with Crippen molar-refractivity contribution in [3.63, 3.8) is 0 Å². The van der Waals surface area contributed by atoms with Crippen molar-refractivity contribution in [2.45, 2.75) is 94.2 Å². The Kier molecular flexibility index (Phi) is 13.1. The summed E-state index contributed by atoms with van der Waals surface area (Å²) in [6, 6.07) is 3.29. The van der Waals surface area contributed by atoms with Crippen LogP contribution in [0, 0.1) is 16.2 Å². The first kappa shape index (κ1) is 35.7. The van der Waals surface area contributed by atoms with Gasteiger partial charge in [0.2, 0.25) is 0 Å². The third-order valence-electron chi connectivity index (χ3n) is 4.87. The lowest BCUT2D eigenvalue weighted by Crippen LogP contribution is -2.37. The number of benzene rings is 1. The molecule has 1 rings (SSSR count). The van der Waals surface area contributed by atoms with Gasteiger partial charge in [-0.1, -0.05) is 68.4 Å². The lowest BCUT2D eigenvalue weighted by molar-refractivity contribution is -0.159. The van der Waals surface area contributed by atoms with E-state index in [-0.39, 0.29) is 66.4 Å². The zero-order valence-corrected chi connectivity index (χ0v) is 26.1. The highest BCUT2D eigenvalue weighted by molar-refractivity contribution is 5.76. The second-order valence-corrected chi connectivity index (χ2v) is 13.7. The minimum Gasteiger partial charge on any atom is -0.462 e. The van der Waals surface area contributed by atoms with Crippen molar-refractivity contribution in [1.82, 2.24) is 0 Å². The fourth-order valence-electron chi connectivity index (χ4n) is 2.98. The summed E-state index contributed by atoms with van der Waals surface area (Å²) in [5, 5.41) is 0. The van der Waals surface area contributed by atoms with Crippen LogP contribution in [0.3, 0.4) is 0 Å². The maximum atomic E-state index is 12.6. The van der Waals surface area contributed by atoms with Gasteiger partial charge in [-0.2, -0.15) is 0 Å². The number of nitrogens with two attached hydrogens (primary N) is 1. The largest absolute Gasteiger partial charge is 0.513 e. The molecule has 0 unspecified atom stereocenters. The Morgan fingerprint density at radius 1 is 0.756 bits per heavy atom. The van der Waals surface area contributed by atoms with Crippen LogP contribution >= 0.6 is 0 Å². The third kappa shape index (κ3) is 16.5. The SMILES string of the molecule is C[C@@H](COC(=O)CC(C)(C)C)OC(=O)[C@@H](N)Cc1ccc(OC(=O)OCC(C)(C)C)c(OC(=O)OCC(C)(C)C)c1. The molecule has 0 aliphatic carbocycles. The Bertz CT molecular complexity index is 1050. The van der Waals surface area contributed by atoms with Crippen LogP contribution in [-0.2, 0) is 35.0 Å². The molecule has 0 fully saturated rings. The van der Waals surface area contributed by atoms with E-state index in [4.69, 9.17) is 34.2 Å². The van der Waals surface area contributed by atoms with Crippen molar-refractivity contribution in [3.8, 4) is 11.5 Å². The van der Waals surface area contributed by atoms with Crippen LogP contribution in [0.5, 0.6) is 11.5 Å². The van der Waals surface area contributed by atoms with Gasteiger partial charge in [0.25, 0.3) is 0 Å². The Balaban J connectivity index is 2.91. The number of hydrogen-bond acceptors (Lipinski definition) is 11. The third-order valence-corrected chi connectivity index (χ3v) is 4.87. The van der Waals surface area contributed by atoms with E-state index in [0.717, 1.165) is 0 Å². The van der Waals surface area contributed by atoms with Crippen LogP contribution < -0.4 is 15.2 Å². The minimum atomic E-state index is -1.08. The maximum Gasteiger partial charge on any atom is 0.513 e. The van der Waals surface area contributed by atoms with E-state index < -0.39 is 30.4 Å². The van der Waals surface area contributed by atoms with Crippen LogP contribution in [0.4, 0.5) is 9.59 Å². The summed E-state index contributed by atoms with van der Waals surface area (Å²) in [5.41, 5.74) is 5.75. The van der Waals surface area contributed by atoms with Gasteiger partial charge in [-0.05, 0) is 47.3 Å². The molecule has 0 heterocycles. The van der Waals surface area contributed by atoms with E-state index in [9.17, 15) is 19.2 Å². The van der Waals surface area contributed by atoms with E-state index >= 15 is 0 Å². The fourth-order valence-corrected chi connectivity index (χ4v) is 2.98. The zero-order chi connectivity index (χ0) is 31.6. The average Bonchev–Trinajstić information content (AvgIpc) is 2.79. The summed E-state index contributed by atoms with van der Waals surface area (Å²) in [5.74, 6) is -1.29. The second kappa shape index (κ2) is 15.0. The normalized spacial score (nSPS) is 13.4. The van der Waals surface area contributed by atoms with Crippen LogP contribution in [0.25, 0.3) is 0 Å². The van der Waals surface area contributed by atoms with Gasteiger partial charge in [0.15, 0.2) is 11.5 Å². The molecule has 0 radical (unpaired) electrons. The molecule has 41 heavy (non-hydrogen) atoms. The van der Waals surface area contributed by atoms with E-state index in [0.29, 0.717) is 5.56 Å². The first-order valence-electron chi connectivity index (χ1n) is 13.6. The van der Waals surface area contributed by atoms with Crippen LogP contribution in [0.15, 0.2) is 18.2 Å². The van der Waals surface area contributed by atoms with Crippen molar-refractivity contribution in [3.05, 3.63) is 23.8 Å². The van der Waals surface area contributed by atoms with Crippen LogP contribution in [0.1, 0.15) is 81.2 Å². The summed E-state index contributed by atoms with van der Waals surface area (Å²) in [7, 11) is 0. The van der Waals surface area contributed by atoms with Crippen molar-refractivity contribution in [2.75, 3.05) is 19.8 Å². The first-order chi connectivity index (χ1) is 18.6. The highest BCUT2D eigenvalue weighted by Gasteiger charge is 2.24. The summed E-state index contributed by atoms with van der Waals surface area (Å²) < 4.78 is 31.4. The Morgan fingerprint density at radius 2 is 1.27 bits per heavy atom. The fraction of sp³-hybridized carbons (Fsp3) is 0.667. The molecule has 0 bridgehead atoms. The summed E-state index contributed by atoms with van der Waals surface area (Å²) in [4.78, 5) is 49.1. The van der Waals surface area contributed by atoms with Gasteiger partial charge in [-0.15, -0.1) is 0 Å². The highest BCUT2D eigenvalue weighted by Crippen LogP contribution is 2.30. The molecule has 0 aliphatic heterocycles. The number of esters is 2. The molecule has 1 aromatic carbocycles. The molecule has 0 aliphatic rings. The number of rotatable bonds is 11. The lowest BCUT2D eigenvalue weighted by atomic mass is 9.92. The number of hydrogen-bond donors (Lipinski definition) is 1. The topological polar surface area (TPSA) is 150 Å². The summed E-state index contributed by atoms with van der Waals surface area (Å²) in [6.45, 7) is 18.8. The first-order valence-corrected chi connectivity index (χ1v) is 13.6. The van der Waals surface area contributed by atoms with Gasteiger partial charge in [-0.25, -0.2) is 9.59 Å². The predicted octanol–water partition coefficient (Wildman–Crippen LogP) is 5.59. The minimum absolute atomic E-state index is 0.0114.